The highest BCUT2D eigenvalue weighted by Crippen LogP contribution is 2.53. The summed E-state index contributed by atoms with van der Waals surface area (Å²) in [5.74, 6) is -0.271. The third kappa shape index (κ3) is 8.13. The average Bonchev–Trinajstić information content (AvgIpc) is 3.11. The van der Waals surface area contributed by atoms with Crippen molar-refractivity contribution < 1.29 is 61.9 Å². The van der Waals surface area contributed by atoms with Gasteiger partial charge in [0.1, 0.15) is 23.0 Å². The molecule has 0 saturated carbocycles. The van der Waals surface area contributed by atoms with Crippen molar-refractivity contribution in [2.45, 2.75) is 6.92 Å². The molecule has 266 valence electrons. The predicted octanol–water partition coefficient (Wildman–Crippen LogP) is 6.73. The van der Waals surface area contributed by atoms with E-state index in [1.54, 1.807) is 36.4 Å². The molecule has 13 nitrogen and oxygen atoms in total. The van der Waals surface area contributed by atoms with E-state index in [9.17, 15) is 19.7 Å². The van der Waals surface area contributed by atoms with Crippen LogP contribution in [0.5, 0.6) is 63.2 Å². The maximum absolute atomic E-state index is 13.6. The van der Waals surface area contributed by atoms with Gasteiger partial charge in [-0.25, -0.2) is 4.57 Å². The summed E-state index contributed by atoms with van der Waals surface area (Å²) >= 11 is 0. The van der Waals surface area contributed by atoms with E-state index in [4.69, 9.17) is 42.2 Å². The topological polar surface area (TPSA) is 164 Å². The zero-order chi connectivity index (χ0) is 36.6. The van der Waals surface area contributed by atoms with Crippen LogP contribution < -0.4 is 47.3 Å². The maximum atomic E-state index is 13.6. The lowest BCUT2D eigenvalue weighted by atomic mass is 10.1. The van der Waals surface area contributed by atoms with Crippen molar-refractivity contribution in [2.75, 3.05) is 49.8 Å². The zero-order valence-corrected chi connectivity index (χ0v) is 29.7. The monoisotopic (exact) mass is 709 g/mol. The first-order chi connectivity index (χ1) is 23.9. The Balaban J connectivity index is 1.74. The molecule has 0 radical (unpaired) electrons. The van der Waals surface area contributed by atoms with E-state index in [1.165, 1.54) is 86.2 Å². The van der Waals surface area contributed by atoms with Gasteiger partial charge in [-0.2, -0.15) is 0 Å². The third-order valence-corrected chi connectivity index (χ3v) is 8.28. The van der Waals surface area contributed by atoms with Crippen molar-refractivity contribution in [3.8, 4) is 63.2 Å². The molecule has 0 bridgehead atoms. The number of phenols is 1. The number of phosphoric acid groups is 1. The second-order valence-corrected chi connectivity index (χ2v) is 11.7. The van der Waals surface area contributed by atoms with Gasteiger partial charge in [-0.05, 0) is 72.3 Å². The van der Waals surface area contributed by atoms with Crippen LogP contribution in [0.4, 0.5) is 0 Å². The molecule has 4 aromatic carbocycles. The summed E-state index contributed by atoms with van der Waals surface area (Å²) in [5.41, 5.74) is 2.32. The van der Waals surface area contributed by atoms with Crippen LogP contribution >= 0.6 is 7.82 Å². The van der Waals surface area contributed by atoms with E-state index < -0.39 is 30.8 Å². The van der Waals surface area contributed by atoms with Gasteiger partial charge in [-0.1, -0.05) is 24.3 Å². The number of hydrogen-bond donors (Lipinski definition) is 2. The summed E-state index contributed by atoms with van der Waals surface area (Å²) in [6.45, 7) is 1.85. The van der Waals surface area contributed by atoms with Crippen LogP contribution in [0.2, 0.25) is 0 Å². The van der Waals surface area contributed by atoms with Crippen LogP contribution in [-0.2, 0) is 4.57 Å². The van der Waals surface area contributed by atoms with Gasteiger partial charge < -0.3 is 52.4 Å². The molecule has 4 rings (SSSR count). The van der Waals surface area contributed by atoms with Gasteiger partial charge in [0.2, 0.25) is 11.5 Å². The molecule has 4 aromatic rings. The second-order valence-electron chi connectivity index (χ2n) is 10.4. The summed E-state index contributed by atoms with van der Waals surface area (Å²) < 4.78 is 61.9. The molecule has 14 heteroatoms. The Kier molecular flexibility index (Phi) is 12.0. The minimum absolute atomic E-state index is 0.0524. The normalized spacial score (nSPS) is 12.3. The smallest absolute Gasteiger partial charge is 0.585 e. The van der Waals surface area contributed by atoms with E-state index in [2.05, 4.69) is 0 Å². The van der Waals surface area contributed by atoms with Crippen molar-refractivity contribution in [1.82, 2.24) is 0 Å². The molecular weight excluding hydrogens is 671 g/mol. The van der Waals surface area contributed by atoms with Gasteiger partial charge in [-0.3, -0.25) is 4.89 Å². The first kappa shape index (κ1) is 37.2. The standard InChI is InChI=1S/C36H39O13P/c1-21-28(43-4)17-22(18-29(21)44-5)9-11-24-13-15-26(41-2)32(37)34(24)48-50(39,40)49-35-25(14-16-27(42-3)33(35)38)12-10-23-19-30(45-6)36(47-8)31(20-23)46-7/h9-20,37-38H,1-8H3,(H,39,40)/p-1/b11-9+,12-10+. The largest absolute Gasteiger partial charge is 0.867 e. The Morgan fingerprint density at radius 1 is 0.560 bits per heavy atom. The van der Waals surface area contributed by atoms with Crippen molar-refractivity contribution in [1.29, 1.82) is 0 Å². The van der Waals surface area contributed by atoms with Crippen molar-refractivity contribution in [3.05, 3.63) is 76.3 Å². The summed E-state index contributed by atoms with van der Waals surface area (Å²) in [6, 6.07) is 12.7. The van der Waals surface area contributed by atoms with E-state index in [0.717, 1.165) is 5.56 Å². The number of phenolic OH excluding ortho intramolecular Hbond substituents is 1. The van der Waals surface area contributed by atoms with Gasteiger partial charge in [0.15, 0.2) is 23.0 Å². The SMILES string of the molecule is COc1cc(/C=C/c2ccc(OC)c([O-])c2OP(=O)(O)Oc2c(/C=C/c3cc(OC)c(OC)c(OC)c3)ccc(OC)c2O)cc(OC)c1C. The molecule has 0 amide bonds. The second kappa shape index (κ2) is 16.2. The number of benzene rings is 4. The number of rotatable bonds is 15. The molecule has 1 unspecified atom stereocenters. The quantitative estimate of drug-likeness (QED) is 0.0987. The Morgan fingerprint density at radius 3 is 1.44 bits per heavy atom. The molecule has 0 aromatic heterocycles. The highest BCUT2D eigenvalue weighted by molar-refractivity contribution is 7.48. The van der Waals surface area contributed by atoms with Crippen LogP contribution in [0.25, 0.3) is 24.3 Å². The fraction of sp³-hybridized carbons (Fsp3) is 0.222. The van der Waals surface area contributed by atoms with Gasteiger partial charge >= 0.3 is 7.82 Å². The van der Waals surface area contributed by atoms with E-state index in [0.29, 0.717) is 39.9 Å². The molecular formula is C36H38O13P-. The fourth-order valence-electron chi connectivity index (χ4n) is 4.93. The summed E-state index contributed by atoms with van der Waals surface area (Å²) in [6.07, 6.45) is 6.28. The van der Waals surface area contributed by atoms with Gasteiger partial charge in [-0.15, -0.1) is 0 Å². The lowest BCUT2D eigenvalue weighted by Gasteiger charge is -2.23. The average molecular weight is 710 g/mol. The van der Waals surface area contributed by atoms with Gasteiger partial charge in [0, 0.05) is 16.7 Å². The third-order valence-electron chi connectivity index (χ3n) is 7.46. The molecule has 0 spiro atoms. The Hall–Kier alpha value is -5.65. The van der Waals surface area contributed by atoms with Crippen LogP contribution in [-0.4, -0.2) is 59.8 Å². The Bertz CT molecular complexity index is 1900. The van der Waals surface area contributed by atoms with Crippen molar-refractivity contribution in [3.63, 3.8) is 0 Å². The number of aromatic hydroxyl groups is 1. The number of phosphoric ester groups is 1. The number of methoxy groups -OCH3 is 7. The molecule has 2 N–H and O–H groups in total. The minimum atomic E-state index is -5.20. The maximum Gasteiger partial charge on any atom is 0.585 e. The first-order valence-electron chi connectivity index (χ1n) is 14.8. The highest BCUT2D eigenvalue weighted by atomic mass is 31.2. The number of hydrogen-bond acceptors (Lipinski definition) is 12. The molecule has 0 saturated heterocycles. The zero-order valence-electron chi connectivity index (χ0n) is 28.8. The van der Waals surface area contributed by atoms with Crippen LogP contribution in [0.15, 0.2) is 48.5 Å². The lowest BCUT2D eigenvalue weighted by Crippen LogP contribution is -2.06. The van der Waals surface area contributed by atoms with Crippen LogP contribution in [0.1, 0.15) is 27.8 Å². The highest BCUT2D eigenvalue weighted by Gasteiger charge is 2.31. The molecule has 1 atom stereocenters. The molecule has 0 aliphatic carbocycles. The molecule has 50 heavy (non-hydrogen) atoms. The van der Waals surface area contributed by atoms with Crippen LogP contribution in [0, 0.1) is 6.92 Å². The van der Waals surface area contributed by atoms with E-state index in [1.807, 2.05) is 6.92 Å². The molecule has 0 aliphatic heterocycles. The van der Waals surface area contributed by atoms with Gasteiger partial charge in [0.25, 0.3) is 0 Å². The fourth-order valence-corrected chi connectivity index (χ4v) is 5.81. The molecule has 0 heterocycles. The minimum Gasteiger partial charge on any atom is -0.867 e. The Labute approximate surface area is 290 Å². The van der Waals surface area contributed by atoms with Crippen molar-refractivity contribution in [2.24, 2.45) is 0 Å². The molecule has 0 fully saturated rings. The van der Waals surface area contributed by atoms with E-state index >= 15 is 0 Å². The summed E-state index contributed by atoms with van der Waals surface area (Å²) in [5, 5.41) is 24.3. The van der Waals surface area contributed by atoms with Gasteiger partial charge in [0.05, 0.1) is 49.8 Å². The van der Waals surface area contributed by atoms with E-state index in [-0.39, 0.29) is 22.6 Å². The van der Waals surface area contributed by atoms with Crippen molar-refractivity contribution >= 4 is 32.1 Å². The number of ether oxygens (including phenoxy) is 7. The van der Waals surface area contributed by atoms with Crippen LogP contribution in [0.3, 0.4) is 0 Å². The summed E-state index contributed by atoms with van der Waals surface area (Å²) in [7, 11) is 4.87. The summed E-state index contributed by atoms with van der Waals surface area (Å²) in [4.78, 5) is 11.0. The lowest BCUT2D eigenvalue weighted by molar-refractivity contribution is -0.271. The molecule has 0 aliphatic rings. The first-order valence-corrected chi connectivity index (χ1v) is 16.3. The predicted molar refractivity (Wildman–Crippen MR) is 186 cm³/mol. The Morgan fingerprint density at radius 2 is 0.980 bits per heavy atom.